The van der Waals surface area contributed by atoms with E-state index in [-0.39, 0.29) is 30.1 Å². The lowest BCUT2D eigenvalue weighted by atomic mass is 10.1. The molecule has 8 nitrogen and oxygen atoms in total. The van der Waals surface area contributed by atoms with E-state index < -0.39 is 0 Å². The number of rotatable bonds is 8. The highest BCUT2D eigenvalue weighted by Gasteiger charge is 2.17. The van der Waals surface area contributed by atoms with E-state index in [9.17, 15) is 0 Å². The largest absolute Gasteiger partial charge is 0.491 e. The highest BCUT2D eigenvalue weighted by atomic mass is 127. The zero-order valence-corrected chi connectivity index (χ0v) is 21.4. The molecule has 3 aromatic rings. The van der Waals surface area contributed by atoms with Crippen molar-refractivity contribution in [2.24, 2.45) is 4.99 Å². The first-order valence-electron chi connectivity index (χ1n) is 10.9. The first-order valence-corrected chi connectivity index (χ1v) is 10.9. The maximum absolute atomic E-state index is 6.11. The third-order valence-electron chi connectivity index (χ3n) is 5.35. The molecule has 0 radical (unpaired) electrons. The number of aromatic nitrogens is 3. The summed E-state index contributed by atoms with van der Waals surface area (Å²) in [5.41, 5.74) is 3.34. The number of pyridine rings is 1. The molecule has 2 aromatic heterocycles. The molecule has 4 rings (SSSR count). The highest BCUT2D eigenvalue weighted by molar-refractivity contribution is 14.0. The number of nitrogens with zero attached hydrogens (tertiary/aromatic N) is 4. The van der Waals surface area contributed by atoms with Gasteiger partial charge < -0.3 is 20.1 Å². The monoisotopic (exact) mass is 562 g/mol. The van der Waals surface area contributed by atoms with Crippen LogP contribution in [0.25, 0.3) is 5.82 Å². The van der Waals surface area contributed by atoms with Gasteiger partial charge in [-0.05, 0) is 55.2 Å². The lowest BCUT2D eigenvalue weighted by Crippen LogP contribution is -2.36. The second kappa shape index (κ2) is 12.5. The van der Waals surface area contributed by atoms with Gasteiger partial charge in [0.05, 0.1) is 6.10 Å². The number of aliphatic imine (C=N–C) groups is 1. The standard InChI is InChI=1S/C24H30N6O2.HI/c1-18-6-7-20(22(13-18)32-17-21-5-3-12-31-21)16-28-24(25-2)27-15-19-8-10-26-23(14-19)30-11-4-9-29-30;/h4,6-11,13-14,21H,3,5,12,15-17H2,1-2H3,(H2,25,27,28);1H. The van der Waals surface area contributed by atoms with E-state index >= 15 is 0 Å². The summed E-state index contributed by atoms with van der Waals surface area (Å²) in [5, 5.41) is 11.0. The molecule has 0 saturated carbocycles. The van der Waals surface area contributed by atoms with E-state index in [1.807, 2.05) is 24.4 Å². The fourth-order valence-corrected chi connectivity index (χ4v) is 3.59. The fourth-order valence-electron chi connectivity index (χ4n) is 3.59. The number of guanidine groups is 1. The van der Waals surface area contributed by atoms with Crippen LogP contribution >= 0.6 is 24.0 Å². The van der Waals surface area contributed by atoms with Gasteiger partial charge in [-0.25, -0.2) is 9.67 Å². The van der Waals surface area contributed by atoms with Gasteiger partial charge in [-0.15, -0.1) is 24.0 Å². The van der Waals surface area contributed by atoms with Crippen LogP contribution in [0.15, 0.2) is 60.0 Å². The third-order valence-corrected chi connectivity index (χ3v) is 5.35. The van der Waals surface area contributed by atoms with Crippen molar-refractivity contribution in [3.8, 4) is 11.6 Å². The Balaban J connectivity index is 0.00000306. The lowest BCUT2D eigenvalue weighted by Gasteiger charge is -2.17. The predicted molar refractivity (Wildman–Crippen MR) is 139 cm³/mol. The Morgan fingerprint density at radius 2 is 2.09 bits per heavy atom. The number of aryl methyl sites for hydroxylation is 1. The molecule has 1 fully saturated rings. The van der Waals surface area contributed by atoms with E-state index in [0.717, 1.165) is 42.1 Å². The van der Waals surface area contributed by atoms with Gasteiger partial charge in [0.15, 0.2) is 11.8 Å². The molecule has 33 heavy (non-hydrogen) atoms. The Morgan fingerprint density at radius 1 is 1.21 bits per heavy atom. The molecule has 2 N–H and O–H groups in total. The van der Waals surface area contributed by atoms with Crippen LogP contribution in [0.5, 0.6) is 5.75 Å². The predicted octanol–water partition coefficient (Wildman–Crippen LogP) is 3.62. The molecule has 1 aromatic carbocycles. The third kappa shape index (κ3) is 7.16. The Labute approximate surface area is 211 Å². The molecule has 1 unspecified atom stereocenters. The van der Waals surface area contributed by atoms with E-state index in [4.69, 9.17) is 9.47 Å². The summed E-state index contributed by atoms with van der Waals surface area (Å²) in [6.07, 6.45) is 7.76. The van der Waals surface area contributed by atoms with Gasteiger partial charge in [-0.1, -0.05) is 12.1 Å². The lowest BCUT2D eigenvalue weighted by molar-refractivity contribution is 0.0676. The molecule has 1 aliphatic rings. The number of benzene rings is 1. The Bertz CT molecular complexity index is 1040. The van der Waals surface area contributed by atoms with Gasteiger partial charge in [-0.2, -0.15) is 5.10 Å². The molecule has 9 heteroatoms. The van der Waals surface area contributed by atoms with Crippen molar-refractivity contribution in [2.45, 2.75) is 39.0 Å². The number of nitrogens with one attached hydrogen (secondary N) is 2. The molecule has 0 amide bonds. The summed E-state index contributed by atoms with van der Waals surface area (Å²) >= 11 is 0. The molecule has 0 spiro atoms. The summed E-state index contributed by atoms with van der Waals surface area (Å²) in [5.74, 6) is 2.39. The van der Waals surface area contributed by atoms with Crippen molar-refractivity contribution in [3.05, 3.63) is 71.7 Å². The maximum Gasteiger partial charge on any atom is 0.191 e. The average Bonchev–Trinajstić information content (AvgIpc) is 3.53. The van der Waals surface area contributed by atoms with Crippen LogP contribution in [0, 0.1) is 6.92 Å². The van der Waals surface area contributed by atoms with Gasteiger partial charge in [0, 0.05) is 50.9 Å². The van der Waals surface area contributed by atoms with Crippen LogP contribution in [0.4, 0.5) is 0 Å². The summed E-state index contributed by atoms with van der Waals surface area (Å²) in [6.45, 7) is 4.72. The molecular formula is C24H31IN6O2. The van der Waals surface area contributed by atoms with Crippen molar-refractivity contribution in [1.82, 2.24) is 25.4 Å². The van der Waals surface area contributed by atoms with Crippen LogP contribution in [-0.4, -0.2) is 47.1 Å². The summed E-state index contributed by atoms with van der Waals surface area (Å²) in [6, 6.07) is 12.1. The highest BCUT2D eigenvalue weighted by Crippen LogP contribution is 2.22. The second-order valence-corrected chi connectivity index (χ2v) is 7.81. The van der Waals surface area contributed by atoms with Crippen LogP contribution < -0.4 is 15.4 Å². The Kier molecular flexibility index (Phi) is 9.49. The van der Waals surface area contributed by atoms with Crippen LogP contribution in [-0.2, 0) is 17.8 Å². The second-order valence-electron chi connectivity index (χ2n) is 7.81. The van der Waals surface area contributed by atoms with E-state index in [1.54, 1.807) is 24.1 Å². The van der Waals surface area contributed by atoms with Crippen molar-refractivity contribution < 1.29 is 9.47 Å². The molecule has 0 aliphatic carbocycles. The zero-order valence-electron chi connectivity index (χ0n) is 19.0. The fraction of sp³-hybridized carbons (Fsp3) is 0.375. The van der Waals surface area contributed by atoms with E-state index in [1.165, 1.54) is 5.56 Å². The van der Waals surface area contributed by atoms with E-state index in [0.29, 0.717) is 25.7 Å². The average molecular weight is 562 g/mol. The topological polar surface area (TPSA) is 85.6 Å². The SMILES string of the molecule is CN=C(NCc1ccnc(-n2cccn2)c1)NCc1ccc(C)cc1OCC1CCCO1.I. The number of ether oxygens (including phenoxy) is 2. The normalized spacial score (nSPS) is 15.7. The van der Waals surface area contributed by atoms with Gasteiger partial charge in [0.25, 0.3) is 0 Å². The Hall–Kier alpha value is -2.66. The minimum absolute atomic E-state index is 0. The van der Waals surface area contributed by atoms with Crippen molar-refractivity contribution >= 4 is 29.9 Å². The minimum atomic E-state index is 0. The minimum Gasteiger partial charge on any atom is -0.491 e. The molecular weight excluding hydrogens is 531 g/mol. The van der Waals surface area contributed by atoms with Crippen molar-refractivity contribution in [3.63, 3.8) is 0 Å². The van der Waals surface area contributed by atoms with Gasteiger partial charge in [-0.3, -0.25) is 4.99 Å². The van der Waals surface area contributed by atoms with Gasteiger partial charge in [0.1, 0.15) is 12.4 Å². The number of halogens is 1. The van der Waals surface area contributed by atoms with Crippen molar-refractivity contribution in [2.75, 3.05) is 20.3 Å². The van der Waals surface area contributed by atoms with Crippen LogP contribution in [0.3, 0.4) is 0 Å². The number of hydrogen-bond donors (Lipinski definition) is 2. The molecule has 176 valence electrons. The molecule has 3 heterocycles. The van der Waals surface area contributed by atoms with E-state index in [2.05, 4.69) is 50.8 Å². The zero-order chi connectivity index (χ0) is 22.2. The smallest absolute Gasteiger partial charge is 0.191 e. The molecule has 1 aliphatic heterocycles. The summed E-state index contributed by atoms with van der Waals surface area (Å²) < 4.78 is 13.5. The first kappa shape index (κ1) is 25.0. The van der Waals surface area contributed by atoms with Gasteiger partial charge in [0.2, 0.25) is 0 Å². The maximum atomic E-state index is 6.11. The molecule has 0 bridgehead atoms. The Morgan fingerprint density at radius 3 is 2.85 bits per heavy atom. The number of hydrogen-bond acceptors (Lipinski definition) is 5. The van der Waals surface area contributed by atoms with Crippen LogP contribution in [0.2, 0.25) is 0 Å². The molecule has 1 atom stereocenters. The van der Waals surface area contributed by atoms with Crippen molar-refractivity contribution in [1.29, 1.82) is 0 Å². The summed E-state index contributed by atoms with van der Waals surface area (Å²) in [4.78, 5) is 8.72. The first-order chi connectivity index (χ1) is 15.7. The molecule has 1 saturated heterocycles. The summed E-state index contributed by atoms with van der Waals surface area (Å²) in [7, 11) is 1.76. The quantitative estimate of drug-likeness (QED) is 0.248. The van der Waals surface area contributed by atoms with Crippen LogP contribution in [0.1, 0.15) is 29.5 Å². The van der Waals surface area contributed by atoms with Gasteiger partial charge >= 0.3 is 0 Å².